The molecule has 10 nitrogen and oxygen atoms in total. The summed E-state index contributed by atoms with van der Waals surface area (Å²) < 4.78 is 7.62. The van der Waals surface area contributed by atoms with Crippen LogP contribution < -0.4 is 20.9 Å². The van der Waals surface area contributed by atoms with Crippen LogP contribution in [0.5, 0.6) is 0 Å². The number of aromatic amines is 1. The molecule has 172 valence electrons. The number of aromatic carboxylic acids is 1. The van der Waals surface area contributed by atoms with Gasteiger partial charge in [-0.25, -0.2) is 9.48 Å². The fourth-order valence-electron chi connectivity index (χ4n) is 3.78. The monoisotopic (exact) mass is 477 g/mol. The third kappa shape index (κ3) is 4.08. The number of nitrogens with zero attached hydrogens (tertiary/aromatic N) is 3. The predicted molar refractivity (Wildman–Crippen MR) is 123 cm³/mol. The highest BCUT2D eigenvalue weighted by atomic mass is 32.1. The van der Waals surface area contributed by atoms with Gasteiger partial charge in [0, 0.05) is 24.7 Å². The van der Waals surface area contributed by atoms with Gasteiger partial charge in [-0.05, 0) is 43.2 Å². The highest BCUT2D eigenvalue weighted by molar-refractivity contribution is 7.11. The van der Waals surface area contributed by atoms with E-state index in [0.29, 0.717) is 21.7 Å². The van der Waals surface area contributed by atoms with Crippen LogP contribution in [0.3, 0.4) is 0 Å². The molecule has 1 amide bonds. The van der Waals surface area contributed by atoms with E-state index in [1.54, 1.807) is 29.2 Å². The average molecular weight is 478 g/mol. The lowest BCUT2D eigenvalue weighted by Gasteiger charge is -2.10. The molecule has 3 N–H and O–H groups in total. The number of carboxylic acid groups (broad SMARTS) is 1. The number of aromatic nitrogens is 3. The number of benzene rings is 1. The maximum absolute atomic E-state index is 12.6. The molecule has 0 atom stereocenters. The summed E-state index contributed by atoms with van der Waals surface area (Å²) in [5, 5.41) is 20.9. The van der Waals surface area contributed by atoms with E-state index in [1.165, 1.54) is 29.0 Å². The molecule has 4 heterocycles. The molecule has 2 aromatic rings. The number of carbonyl (C=O) groups excluding carboxylic acids is 1. The summed E-state index contributed by atoms with van der Waals surface area (Å²) in [4.78, 5) is 42.0. The van der Waals surface area contributed by atoms with Gasteiger partial charge in [-0.3, -0.25) is 20.1 Å². The summed E-state index contributed by atoms with van der Waals surface area (Å²) in [5.41, 5.74) is -0.0108. The maximum Gasteiger partial charge on any atom is 0.335 e. The van der Waals surface area contributed by atoms with Gasteiger partial charge in [0.1, 0.15) is 16.2 Å². The summed E-state index contributed by atoms with van der Waals surface area (Å²) in [6.45, 7) is 1.45. The zero-order valence-corrected chi connectivity index (χ0v) is 18.6. The van der Waals surface area contributed by atoms with Crippen molar-refractivity contribution in [3.63, 3.8) is 0 Å². The number of likely N-dealkylation sites (tertiary alicyclic amines) is 1. The van der Waals surface area contributed by atoms with Crippen LogP contribution in [0.25, 0.3) is 28.6 Å². The second-order valence-corrected chi connectivity index (χ2v) is 8.79. The topological polar surface area (TPSA) is 145 Å². The number of carboxylic acids is 1. The lowest BCUT2D eigenvalue weighted by atomic mass is 10.1. The summed E-state index contributed by atoms with van der Waals surface area (Å²) in [7, 11) is 0. The number of hydrogen-bond acceptors (Lipinski definition) is 7. The number of carbonyl (C=O) groups is 2. The first-order valence-electron chi connectivity index (χ1n) is 10.5. The van der Waals surface area contributed by atoms with Crippen molar-refractivity contribution >= 4 is 35.4 Å². The molecule has 0 spiro atoms. The fourth-order valence-corrected chi connectivity index (χ4v) is 4.63. The SMILES string of the molecule is N=c1/c(=C/c2ccc(-c3cccc(C(=O)O)c3)o2)c(=O)nc2s/c(=C/C(=O)N3CCCC3)[nH]n1-2. The van der Waals surface area contributed by atoms with Crippen molar-refractivity contribution < 1.29 is 19.1 Å². The van der Waals surface area contributed by atoms with E-state index in [0.717, 1.165) is 37.3 Å². The van der Waals surface area contributed by atoms with Gasteiger partial charge in [0.2, 0.25) is 11.0 Å². The Morgan fingerprint density at radius 3 is 2.76 bits per heavy atom. The highest BCUT2D eigenvalue weighted by Gasteiger charge is 2.17. The van der Waals surface area contributed by atoms with Gasteiger partial charge in [-0.1, -0.05) is 23.5 Å². The van der Waals surface area contributed by atoms with Gasteiger partial charge < -0.3 is 14.4 Å². The molecule has 34 heavy (non-hydrogen) atoms. The number of amides is 1. The van der Waals surface area contributed by atoms with Crippen molar-refractivity contribution in [3.05, 3.63) is 73.4 Å². The summed E-state index contributed by atoms with van der Waals surface area (Å²) in [6.07, 6.45) is 4.85. The summed E-state index contributed by atoms with van der Waals surface area (Å²) in [6, 6.07) is 9.60. The molecule has 1 aromatic carbocycles. The van der Waals surface area contributed by atoms with Crippen LogP contribution in [-0.2, 0) is 4.79 Å². The van der Waals surface area contributed by atoms with Gasteiger partial charge in [0.05, 0.1) is 10.8 Å². The van der Waals surface area contributed by atoms with Gasteiger partial charge in [0.15, 0.2) is 5.49 Å². The normalized spacial score (nSPS) is 14.9. The number of rotatable bonds is 4. The Morgan fingerprint density at radius 2 is 2.00 bits per heavy atom. The van der Waals surface area contributed by atoms with Crippen LogP contribution in [0.1, 0.15) is 29.0 Å². The Kier molecular flexibility index (Phi) is 5.46. The van der Waals surface area contributed by atoms with Gasteiger partial charge in [-0.2, -0.15) is 4.98 Å². The first-order chi connectivity index (χ1) is 16.4. The molecule has 1 saturated heterocycles. The predicted octanol–water partition coefficient (Wildman–Crippen LogP) is 0.729. The number of hydrogen-bond donors (Lipinski definition) is 3. The second kappa shape index (κ2) is 8.60. The Bertz CT molecular complexity index is 1620. The Morgan fingerprint density at radius 1 is 1.21 bits per heavy atom. The fraction of sp³-hybridized carbons (Fsp3) is 0.174. The standard InChI is InChI=1S/C23H19N5O5S/c24-20-16(11-15-6-7-17(33-15)13-4-3-5-14(10-13)22(31)32)21(30)25-23-28(20)26-18(34-23)12-19(29)27-8-1-2-9-27/h3-7,10-12,24,26H,1-2,8-9H2,(H,31,32)/b16-11-,18-12+,24-20?. The molecule has 11 heteroatoms. The Labute approximate surface area is 195 Å². The number of fused-ring (bicyclic) bond motifs is 1. The van der Waals surface area contributed by atoms with E-state index in [-0.39, 0.29) is 27.3 Å². The molecule has 3 aliphatic heterocycles. The van der Waals surface area contributed by atoms with Crippen LogP contribution in [-0.4, -0.2) is 49.7 Å². The molecule has 1 fully saturated rings. The van der Waals surface area contributed by atoms with E-state index in [9.17, 15) is 19.5 Å². The molecule has 5 rings (SSSR count). The molecule has 0 saturated carbocycles. The van der Waals surface area contributed by atoms with E-state index in [4.69, 9.17) is 9.83 Å². The lowest BCUT2D eigenvalue weighted by molar-refractivity contribution is -0.123. The van der Waals surface area contributed by atoms with E-state index in [2.05, 4.69) is 10.1 Å². The van der Waals surface area contributed by atoms with Gasteiger partial charge in [-0.15, -0.1) is 0 Å². The van der Waals surface area contributed by atoms with Crippen molar-refractivity contribution in [1.29, 1.82) is 5.41 Å². The van der Waals surface area contributed by atoms with E-state index in [1.807, 2.05) is 0 Å². The van der Waals surface area contributed by atoms with E-state index < -0.39 is 11.5 Å². The lowest BCUT2D eigenvalue weighted by Crippen LogP contribution is -2.47. The minimum absolute atomic E-state index is 0.0177. The smallest absolute Gasteiger partial charge is 0.335 e. The molecular weight excluding hydrogens is 458 g/mol. The molecule has 0 aliphatic carbocycles. The molecule has 0 unspecified atom stereocenters. The van der Waals surface area contributed by atoms with Crippen molar-refractivity contribution in [2.45, 2.75) is 12.8 Å². The van der Waals surface area contributed by atoms with Crippen molar-refractivity contribution in [2.75, 3.05) is 13.1 Å². The van der Waals surface area contributed by atoms with Gasteiger partial charge in [0.25, 0.3) is 5.56 Å². The number of nitrogens with one attached hydrogen (secondary N) is 2. The molecular formula is C23H19N5O5S. The van der Waals surface area contributed by atoms with Crippen molar-refractivity contribution in [2.24, 2.45) is 0 Å². The number of H-pyrrole nitrogens is 1. The molecule has 3 aliphatic rings. The van der Waals surface area contributed by atoms with Gasteiger partial charge >= 0.3 is 5.97 Å². The third-order valence-corrected chi connectivity index (χ3v) is 6.39. The quantitative estimate of drug-likeness (QED) is 0.395. The van der Waals surface area contributed by atoms with Crippen LogP contribution in [0.4, 0.5) is 0 Å². The molecule has 0 radical (unpaired) electrons. The maximum atomic E-state index is 12.6. The summed E-state index contributed by atoms with van der Waals surface area (Å²) >= 11 is 1.12. The van der Waals surface area contributed by atoms with E-state index >= 15 is 0 Å². The Hall–Kier alpha value is -4.25. The first kappa shape index (κ1) is 21.6. The Balaban J connectivity index is 1.53. The second-order valence-electron chi connectivity index (χ2n) is 7.78. The van der Waals surface area contributed by atoms with Crippen LogP contribution in [0.15, 0.2) is 45.6 Å². The molecule has 1 aromatic heterocycles. The van der Waals surface area contributed by atoms with Crippen molar-refractivity contribution in [3.8, 4) is 16.5 Å². The van der Waals surface area contributed by atoms with Crippen LogP contribution >= 0.6 is 11.3 Å². The van der Waals surface area contributed by atoms with Crippen LogP contribution in [0.2, 0.25) is 0 Å². The minimum atomic E-state index is -1.04. The largest absolute Gasteiger partial charge is 0.478 e. The van der Waals surface area contributed by atoms with Crippen LogP contribution in [0, 0.1) is 5.41 Å². The third-order valence-electron chi connectivity index (χ3n) is 5.50. The zero-order valence-electron chi connectivity index (χ0n) is 17.8. The zero-order chi connectivity index (χ0) is 23.8. The first-order valence-corrected chi connectivity index (χ1v) is 11.3. The van der Waals surface area contributed by atoms with Crippen molar-refractivity contribution in [1.82, 2.24) is 19.7 Å². The summed E-state index contributed by atoms with van der Waals surface area (Å²) in [5.74, 6) is -0.419. The molecule has 0 bridgehead atoms. The minimum Gasteiger partial charge on any atom is -0.478 e. The average Bonchev–Trinajstić information content (AvgIpc) is 3.58. The highest BCUT2D eigenvalue weighted by Crippen LogP contribution is 2.23. The number of furan rings is 1.